The Hall–Kier alpha value is 0.0900. The van der Waals surface area contributed by atoms with Gasteiger partial charge < -0.3 is 23.7 Å². The second kappa shape index (κ2) is 6.77. The summed E-state index contributed by atoms with van der Waals surface area (Å²) >= 11 is 5.99. The molecule has 3 unspecified atom stereocenters. The molecule has 134 valence electrons. The van der Waals surface area contributed by atoms with Crippen LogP contribution < -0.4 is 0 Å². The van der Waals surface area contributed by atoms with Gasteiger partial charge in [0.25, 0.3) is 0 Å². The van der Waals surface area contributed by atoms with Crippen molar-refractivity contribution in [2.45, 2.75) is 58.2 Å². The molecular weight excluding hydrogens is 320 g/mol. The summed E-state index contributed by atoms with van der Waals surface area (Å²) < 4.78 is 28.5. The number of halogens is 1. The van der Waals surface area contributed by atoms with Gasteiger partial charge in [0, 0.05) is 10.8 Å². The first-order chi connectivity index (χ1) is 10.9. The molecule has 3 aliphatic rings. The molecule has 2 saturated heterocycles. The van der Waals surface area contributed by atoms with Crippen LogP contribution in [0.4, 0.5) is 0 Å². The standard InChI is InChI=1S/C17H29ClO5/c1-16(2)14(17(3,4)15(16)23-10-13-9-21-13)22-6-11(5-18)19-7-12-8-20-12/h11-15H,5-10H2,1-4H3. The minimum absolute atomic E-state index is 0.0329. The Labute approximate surface area is 143 Å². The van der Waals surface area contributed by atoms with Gasteiger partial charge in [0.1, 0.15) is 12.2 Å². The van der Waals surface area contributed by atoms with Crippen molar-refractivity contribution in [3.63, 3.8) is 0 Å². The fraction of sp³-hybridized carbons (Fsp3) is 1.00. The number of epoxide rings is 2. The van der Waals surface area contributed by atoms with Crippen LogP contribution in [-0.2, 0) is 23.7 Å². The Kier molecular flexibility index (Phi) is 5.27. The minimum Gasteiger partial charge on any atom is -0.374 e. The summed E-state index contributed by atoms with van der Waals surface area (Å²) in [4.78, 5) is 0. The van der Waals surface area contributed by atoms with Gasteiger partial charge in [-0.3, -0.25) is 0 Å². The summed E-state index contributed by atoms with van der Waals surface area (Å²) in [7, 11) is 0. The second-order valence-electron chi connectivity index (χ2n) is 8.09. The van der Waals surface area contributed by atoms with Crippen molar-refractivity contribution < 1.29 is 23.7 Å². The smallest absolute Gasteiger partial charge is 0.104 e. The van der Waals surface area contributed by atoms with Crippen LogP contribution in [-0.4, -0.2) is 69.4 Å². The minimum atomic E-state index is -0.0905. The predicted molar refractivity (Wildman–Crippen MR) is 87.0 cm³/mol. The molecule has 1 saturated carbocycles. The average molecular weight is 349 g/mol. The van der Waals surface area contributed by atoms with E-state index in [2.05, 4.69) is 27.7 Å². The fourth-order valence-electron chi connectivity index (χ4n) is 4.07. The molecule has 2 aliphatic heterocycles. The molecule has 3 rings (SSSR count). The normalized spacial score (nSPS) is 38.0. The van der Waals surface area contributed by atoms with Crippen LogP contribution >= 0.6 is 11.6 Å². The van der Waals surface area contributed by atoms with Crippen molar-refractivity contribution in [1.82, 2.24) is 0 Å². The van der Waals surface area contributed by atoms with E-state index >= 15 is 0 Å². The zero-order valence-electron chi connectivity index (χ0n) is 14.5. The summed E-state index contributed by atoms with van der Waals surface area (Å²) in [5.74, 6) is 0.430. The highest BCUT2D eigenvalue weighted by Gasteiger charge is 2.63. The van der Waals surface area contributed by atoms with Gasteiger partial charge in [-0.2, -0.15) is 0 Å². The van der Waals surface area contributed by atoms with Crippen LogP contribution in [0.25, 0.3) is 0 Å². The van der Waals surface area contributed by atoms with Crippen LogP contribution in [0.15, 0.2) is 0 Å². The Morgan fingerprint density at radius 1 is 0.957 bits per heavy atom. The lowest BCUT2D eigenvalue weighted by molar-refractivity contribution is -0.287. The largest absolute Gasteiger partial charge is 0.374 e. The first-order valence-electron chi connectivity index (χ1n) is 8.49. The van der Waals surface area contributed by atoms with Crippen LogP contribution in [0, 0.1) is 10.8 Å². The molecule has 0 spiro atoms. The maximum atomic E-state index is 6.21. The van der Waals surface area contributed by atoms with E-state index in [1.807, 2.05) is 0 Å². The molecule has 6 heteroatoms. The maximum Gasteiger partial charge on any atom is 0.104 e. The Morgan fingerprint density at radius 3 is 2.00 bits per heavy atom. The molecule has 1 aliphatic carbocycles. The van der Waals surface area contributed by atoms with E-state index in [1.54, 1.807) is 0 Å². The highest BCUT2D eigenvalue weighted by molar-refractivity contribution is 6.18. The van der Waals surface area contributed by atoms with Gasteiger partial charge in [-0.25, -0.2) is 0 Å². The summed E-state index contributed by atoms with van der Waals surface area (Å²) in [6.07, 6.45) is 0.735. The summed E-state index contributed by atoms with van der Waals surface area (Å²) in [6.45, 7) is 12.2. The molecule has 3 atom stereocenters. The third-order valence-electron chi connectivity index (χ3n) is 5.10. The van der Waals surface area contributed by atoms with E-state index in [0.717, 1.165) is 13.2 Å². The molecule has 0 aromatic heterocycles. The molecular formula is C17H29ClO5. The van der Waals surface area contributed by atoms with Crippen molar-refractivity contribution in [3.8, 4) is 0 Å². The van der Waals surface area contributed by atoms with Gasteiger partial charge in [-0.05, 0) is 0 Å². The SMILES string of the molecule is CC1(C)C(OCC(CCl)OCC2CO2)C(C)(C)C1OCC1CO1. The highest BCUT2D eigenvalue weighted by atomic mass is 35.5. The van der Waals surface area contributed by atoms with Gasteiger partial charge in [0.15, 0.2) is 0 Å². The number of hydrogen-bond donors (Lipinski definition) is 0. The first-order valence-corrected chi connectivity index (χ1v) is 9.03. The van der Waals surface area contributed by atoms with Crippen LogP contribution in [0.3, 0.4) is 0 Å². The molecule has 3 fully saturated rings. The third-order valence-corrected chi connectivity index (χ3v) is 5.44. The van der Waals surface area contributed by atoms with Crippen molar-refractivity contribution in [3.05, 3.63) is 0 Å². The quantitative estimate of drug-likeness (QED) is 0.447. The van der Waals surface area contributed by atoms with Crippen LogP contribution in [0.2, 0.25) is 0 Å². The zero-order chi connectivity index (χ0) is 16.7. The fourth-order valence-corrected chi connectivity index (χ4v) is 4.25. The third kappa shape index (κ3) is 4.02. The molecule has 2 heterocycles. The highest BCUT2D eigenvalue weighted by Crippen LogP contribution is 2.57. The number of rotatable bonds is 10. The maximum absolute atomic E-state index is 6.21. The van der Waals surface area contributed by atoms with E-state index in [0.29, 0.717) is 31.8 Å². The molecule has 0 amide bonds. The van der Waals surface area contributed by atoms with Crippen molar-refractivity contribution >= 4 is 11.6 Å². The molecule has 0 bridgehead atoms. The van der Waals surface area contributed by atoms with Gasteiger partial charge >= 0.3 is 0 Å². The van der Waals surface area contributed by atoms with E-state index in [4.69, 9.17) is 35.3 Å². The van der Waals surface area contributed by atoms with E-state index in [9.17, 15) is 0 Å². The number of alkyl halides is 1. The average Bonchev–Trinajstić information content (AvgIpc) is 3.35. The van der Waals surface area contributed by atoms with Crippen LogP contribution in [0.1, 0.15) is 27.7 Å². The molecule has 0 aromatic carbocycles. The molecule has 5 nitrogen and oxygen atoms in total. The summed E-state index contributed by atoms with van der Waals surface area (Å²) in [5, 5.41) is 0. The molecule has 23 heavy (non-hydrogen) atoms. The zero-order valence-corrected chi connectivity index (χ0v) is 15.3. The lowest BCUT2D eigenvalue weighted by Gasteiger charge is -2.62. The molecule has 0 radical (unpaired) electrons. The molecule has 0 N–H and O–H groups in total. The topological polar surface area (TPSA) is 52.8 Å². The molecule has 0 aromatic rings. The van der Waals surface area contributed by atoms with E-state index in [-0.39, 0.29) is 35.2 Å². The summed E-state index contributed by atoms with van der Waals surface area (Å²) in [5.41, 5.74) is -0.0658. The Morgan fingerprint density at radius 2 is 1.48 bits per heavy atom. The number of hydrogen-bond acceptors (Lipinski definition) is 5. The number of ether oxygens (including phenoxy) is 5. The van der Waals surface area contributed by atoms with Crippen molar-refractivity contribution in [2.24, 2.45) is 10.8 Å². The first kappa shape index (κ1) is 17.9. The Balaban J connectivity index is 1.47. The van der Waals surface area contributed by atoms with Crippen molar-refractivity contribution in [1.29, 1.82) is 0 Å². The lowest BCUT2D eigenvalue weighted by atomic mass is 9.51. The van der Waals surface area contributed by atoms with E-state index in [1.165, 1.54) is 0 Å². The lowest BCUT2D eigenvalue weighted by Crippen LogP contribution is -2.69. The van der Waals surface area contributed by atoms with Gasteiger partial charge in [0.2, 0.25) is 0 Å². The van der Waals surface area contributed by atoms with Crippen molar-refractivity contribution in [2.75, 3.05) is 38.9 Å². The van der Waals surface area contributed by atoms with Crippen LogP contribution in [0.5, 0.6) is 0 Å². The van der Waals surface area contributed by atoms with Gasteiger partial charge in [-0.1, -0.05) is 27.7 Å². The van der Waals surface area contributed by atoms with Gasteiger partial charge in [-0.15, -0.1) is 11.6 Å². The second-order valence-corrected chi connectivity index (χ2v) is 8.40. The van der Waals surface area contributed by atoms with E-state index < -0.39 is 0 Å². The van der Waals surface area contributed by atoms with Gasteiger partial charge in [0.05, 0.1) is 57.2 Å². The summed E-state index contributed by atoms with van der Waals surface area (Å²) in [6, 6.07) is 0. The monoisotopic (exact) mass is 348 g/mol. The predicted octanol–water partition coefficient (Wildman–Crippen LogP) is 2.24. The Bertz CT molecular complexity index is 390.